The van der Waals surface area contributed by atoms with Gasteiger partial charge < -0.3 is 4.74 Å². The zero-order chi connectivity index (χ0) is 23.6. The van der Waals surface area contributed by atoms with Crippen LogP contribution in [0.15, 0.2) is 66.7 Å². The highest BCUT2D eigenvalue weighted by atomic mass is 16.5. The number of rotatable bonds is 10. The highest BCUT2D eigenvalue weighted by Gasteiger charge is 2.13. The Kier molecular flexibility index (Phi) is 8.84. The molecule has 3 heteroatoms. The Morgan fingerprint density at radius 2 is 1.52 bits per heavy atom. The van der Waals surface area contributed by atoms with E-state index in [2.05, 4.69) is 51.1 Å². The fourth-order valence-corrected chi connectivity index (χ4v) is 3.93. The van der Waals surface area contributed by atoms with Crippen LogP contribution in [0, 0.1) is 17.2 Å². The van der Waals surface area contributed by atoms with Gasteiger partial charge in [-0.2, -0.15) is 5.26 Å². The Morgan fingerprint density at radius 1 is 0.879 bits per heavy atom. The van der Waals surface area contributed by atoms with E-state index in [4.69, 9.17) is 4.74 Å². The van der Waals surface area contributed by atoms with Crippen LogP contribution in [0.5, 0.6) is 5.75 Å². The Bertz CT molecular complexity index is 1090. The van der Waals surface area contributed by atoms with Gasteiger partial charge in [-0.3, -0.25) is 0 Å². The van der Waals surface area contributed by atoms with Crippen LogP contribution in [0.2, 0.25) is 0 Å². The van der Waals surface area contributed by atoms with Gasteiger partial charge in [0.15, 0.2) is 0 Å². The van der Waals surface area contributed by atoms with E-state index in [1.165, 1.54) is 31.2 Å². The molecule has 0 bridgehead atoms. The number of ether oxygens (including phenoxy) is 1. The molecule has 0 unspecified atom stereocenters. The average Bonchev–Trinajstić information content (AvgIpc) is 2.83. The van der Waals surface area contributed by atoms with Crippen LogP contribution in [-0.4, -0.2) is 5.97 Å². The number of hydrogen-bond donors (Lipinski definition) is 0. The molecule has 170 valence electrons. The Balaban J connectivity index is 1.64. The lowest BCUT2D eigenvalue weighted by atomic mass is 10.00. The molecule has 0 amide bonds. The van der Waals surface area contributed by atoms with Crippen molar-refractivity contribution in [1.29, 1.82) is 5.26 Å². The standard InChI is InChI=1S/C30H33NO2/c1-4-5-6-7-8-23-9-12-25(13-10-23)26-14-16-27(17-15-26)30(32)33-29-18-11-24(19-22(2)3)20-28(29)21-31/h9-18,20,22H,4-8,19H2,1-3H3. The smallest absolute Gasteiger partial charge is 0.343 e. The van der Waals surface area contributed by atoms with Crippen molar-refractivity contribution in [3.63, 3.8) is 0 Å². The van der Waals surface area contributed by atoms with Crippen molar-refractivity contribution in [2.75, 3.05) is 0 Å². The molecule has 0 aliphatic rings. The summed E-state index contributed by atoms with van der Waals surface area (Å²) in [4.78, 5) is 12.7. The zero-order valence-corrected chi connectivity index (χ0v) is 19.9. The van der Waals surface area contributed by atoms with Crippen LogP contribution in [0.25, 0.3) is 11.1 Å². The first-order valence-electron chi connectivity index (χ1n) is 11.9. The third-order valence-electron chi connectivity index (χ3n) is 5.74. The Labute approximate surface area is 198 Å². The molecule has 3 nitrogen and oxygen atoms in total. The molecule has 3 aromatic rings. The van der Waals surface area contributed by atoms with Gasteiger partial charge in [-0.15, -0.1) is 0 Å². The minimum atomic E-state index is -0.461. The Morgan fingerprint density at radius 3 is 2.12 bits per heavy atom. The zero-order valence-electron chi connectivity index (χ0n) is 19.9. The highest BCUT2D eigenvalue weighted by molar-refractivity contribution is 5.92. The van der Waals surface area contributed by atoms with Crippen LogP contribution in [0.4, 0.5) is 0 Å². The number of unbranched alkanes of at least 4 members (excludes halogenated alkanes) is 3. The Hall–Kier alpha value is -3.38. The largest absolute Gasteiger partial charge is 0.422 e. The van der Waals surface area contributed by atoms with Gasteiger partial charge in [0.2, 0.25) is 0 Å². The summed E-state index contributed by atoms with van der Waals surface area (Å²) in [5, 5.41) is 9.47. The molecular weight excluding hydrogens is 406 g/mol. The minimum absolute atomic E-state index is 0.300. The van der Waals surface area contributed by atoms with Crippen molar-refractivity contribution >= 4 is 5.97 Å². The average molecular weight is 440 g/mol. The van der Waals surface area contributed by atoms with Crippen LogP contribution < -0.4 is 4.74 Å². The number of esters is 1. The molecule has 0 aliphatic heterocycles. The van der Waals surface area contributed by atoms with Gasteiger partial charge in [0, 0.05) is 0 Å². The summed E-state index contributed by atoms with van der Waals surface area (Å²) in [6, 6.07) is 23.7. The van der Waals surface area contributed by atoms with Crippen molar-refractivity contribution in [1.82, 2.24) is 0 Å². The lowest BCUT2D eigenvalue weighted by Crippen LogP contribution is -2.09. The molecule has 3 aromatic carbocycles. The fourth-order valence-electron chi connectivity index (χ4n) is 3.93. The predicted octanol–water partition coefficient (Wildman–Crippen LogP) is 7.77. The van der Waals surface area contributed by atoms with E-state index < -0.39 is 5.97 Å². The maximum Gasteiger partial charge on any atom is 0.343 e. The van der Waals surface area contributed by atoms with Crippen molar-refractivity contribution in [3.8, 4) is 22.9 Å². The number of nitriles is 1. The first kappa shape index (κ1) is 24.3. The molecule has 0 N–H and O–H groups in total. The quantitative estimate of drug-likeness (QED) is 0.184. The van der Waals surface area contributed by atoms with Gasteiger partial charge in [-0.05, 0) is 71.7 Å². The molecule has 0 fully saturated rings. The van der Waals surface area contributed by atoms with E-state index in [1.54, 1.807) is 24.3 Å². The number of hydrogen-bond acceptors (Lipinski definition) is 3. The molecular formula is C30H33NO2. The first-order valence-corrected chi connectivity index (χ1v) is 11.9. The number of carbonyl (C=O) groups is 1. The molecule has 33 heavy (non-hydrogen) atoms. The summed E-state index contributed by atoms with van der Waals surface area (Å²) in [7, 11) is 0. The second kappa shape index (κ2) is 12.0. The van der Waals surface area contributed by atoms with Crippen molar-refractivity contribution < 1.29 is 9.53 Å². The highest BCUT2D eigenvalue weighted by Crippen LogP contribution is 2.24. The van der Waals surface area contributed by atoms with Crippen LogP contribution in [0.3, 0.4) is 0 Å². The normalized spacial score (nSPS) is 10.8. The van der Waals surface area contributed by atoms with Crippen LogP contribution in [0.1, 0.15) is 73.5 Å². The van der Waals surface area contributed by atoms with Gasteiger partial charge in [-0.1, -0.05) is 82.5 Å². The number of nitrogens with zero attached hydrogens (tertiary/aromatic N) is 1. The number of carbonyl (C=O) groups excluding carboxylic acids is 1. The van der Waals surface area contributed by atoms with E-state index in [0.717, 1.165) is 29.5 Å². The van der Waals surface area contributed by atoms with Crippen molar-refractivity contribution in [2.45, 2.75) is 59.3 Å². The summed E-state index contributed by atoms with van der Waals surface area (Å²) in [5.74, 6) is 0.330. The van der Waals surface area contributed by atoms with Crippen LogP contribution >= 0.6 is 0 Å². The molecule has 0 saturated heterocycles. The minimum Gasteiger partial charge on any atom is -0.422 e. The van der Waals surface area contributed by atoms with Gasteiger partial charge in [-0.25, -0.2) is 4.79 Å². The van der Waals surface area contributed by atoms with Gasteiger partial charge >= 0.3 is 5.97 Å². The first-order chi connectivity index (χ1) is 16.0. The SMILES string of the molecule is CCCCCCc1ccc(-c2ccc(C(=O)Oc3ccc(CC(C)C)cc3C#N)cc2)cc1. The van der Waals surface area contributed by atoms with Gasteiger partial charge in [0.05, 0.1) is 11.1 Å². The van der Waals surface area contributed by atoms with E-state index >= 15 is 0 Å². The van der Waals surface area contributed by atoms with E-state index in [9.17, 15) is 10.1 Å². The van der Waals surface area contributed by atoms with Crippen LogP contribution in [-0.2, 0) is 12.8 Å². The van der Waals surface area contributed by atoms with E-state index in [-0.39, 0.29) is 0 Å². The lowest BCUT2D eigenvalue weighted by Gasteiger charge is -2.10. The topological polar surface area (TPSA) is 50.1 Å². The third-order valence-corrected chi connectivity index (χ3v) is 5.74. The molecule has 0 aliphatic carbocycles. The summed E-state index contributed by atoms with van der Waals surface area (Å²) >= 11 is 0. The summed E-state index contributed by atoms with van der Waals surface area (Å²) in [6.45, 7) is 6.49. The molecule has 3 rings (SSSR count). The molecule has 0 aromatic heterocycles. The second-order valence-electron chi connectivity index (χ2n) is 9.01. The number of aryl methyl sites for hydroxylation is 1. The summed E-state index contributed by atoms with van der Waals surface area (Å²) < 4.78 is 5.54. The third kappa shape index (κ3) is 7.05. The van der Waals surface area contributed by atoms with Crippen molar-refractivity contribution in [3.05, 3.63) is 89.0 Å². The maximum absolute atomic E-state index is 12.7. The molecule has 0 heterocycles. The predicted molar refractivity (Wildman–Crippen MR) is 134 cm³/mol. The lowest BCUT2D eigenvalue weighted by molar-refractivity contribution is 0.0734. The fraction of sp³-hybridized carbons (Fsp3) is 0.333. The molecule has 0 atom stereocenters. The van der Waals surface area contributed by atoms with Crippen molar-refractivity contribution in [2.24, 2.45) is 5.92 Å². The van der Waals surface area contributed by atoms with Gasteiger partial charge in [0.1, 0.15) is 11.8 Å². The number of benzene rings is 3. The maximum atomic E-state index is 12.7. The molecule has 0 radical (unpaired) electrons. The van der Waals surface area contributed by atoms with Gasteiger partial charge in [0.25, 0.3) is 0 Å². The van der Waals surface area contributed by atoms with E-state index in [0.29, 0.717) is 22.8 Å². The summed E-state index contributed by atoms with van der Waals surface area (Å²) in [6.07, 6.45) is 7.07. The molecule has 0 spiro atoms. The molecule has 0 saturated carbocycles. The monoisotopic (exact) mass is 439 g/mol. The van der Waals surface area contributed by atoms with E-state index in [1.807, 2.05) is 18.2 Å². The second-order valence-corrected chi connectivity index (χ2v) is 9.01. The summed E-state index contributed by atoms with van der Waals surface area (Å²) in [5.41, 5.74) is 5.45.